The van der Waals surface area contributed by atoms with Gasteiger partial charge in [0.1, 0.15) is 12.2 Å². The molecule has 0 bridgehead atoms. The SMILES string of the molecule is CCc1nc2c(c(=O)n(CC)c(=O)n2-c2ccccc2)n1Cc1ccc(-c2ccccc2-n2cnnn2)cc1. The van der Waals surface area contributed by atoms with Gasteiger partial charge in [0.2, 0.25) is 0 Å². The summed E-state index contributed by atoms with van der Waals surface area (Å²) in [6, 6.07) is 25.4. The largest absolute Gasteiger partial charge is 0.337 e. The van der Waals surface area contributed by atoms with Crippen LogP contribution in [-0.2, 0) is 19.5 Å². The first kappa shape index (κ1) is 24.2. The molecule has 3 aromatic heterocycles. The number of nitrogens with zero attached hydrogens (tertiary/aromatic N) is 8. The molecule has 0 radical (unpaired) electrons. The number of hydrogen-bond donors (Lipinski definition) is 0. The smallest absolute Gasteiger partial charge is 0.318 e. The topological polar surface area (TPSA) is 105 Å². The third-order valence-electron chi connectivity index (χ3n) is 6.86. The van der Waals surface area contributed by atoms with Crippen LogP contribution in [0.3, 0.4) is 0 Å². The summed E-state index contributed by atoms with van der Waals surface area (Å²) in [4.78, 5) is 31.7. The molecule has 3 aromatic carbocycles. The van der Waals surface area contributed by atoms with Crippen LogP contribution in [0.15, 0.2) is 94.8 Å². The number of aromatic nitrogens is 8. The molecule has 0 amide bonds. The van der Waals surface area contributed by atoms with E-state index in [1.807, 2.05) is 90.4 Å². The van der Waals surface area contributed by atoms with Crippen molar-refractivity contribution in [1.29, 1.82) is 0 Å². The molecule has 0 saturated heterocycles. The minimum absolute atomic E-state index is 0.266. The zero-order chi connectivity index (χ0) is 26.9. The maximum Gasteiger partial charge on any atom is 0.337 e. The number of tetrazole rings is 1. The van der Waals surface area contributed by atoms with Crippen LogP contribution in [0, 0.1) is 0 Å². The Kier molecular flexibility index (Phi) is 6.20. The molecule has 0 fully saturated rings. The summed E-state index contributed by atoms with van der Waals surface area (Å²) in [6.45, 7) is 4.51. The molecule has 0 aliphatic carbocycles. The lowest BCUT2D eigenvalue weighted by molar-refractivity contribution is 0.654. The molecule has 0 unspecified atom stereocenters. The van der Waals surface area contributed by atoms with E-state index in [0.717, 1.165) is 28.2 Å². The second-order valence-corrected chi connectivity index (χ2v) is 9.11. The van der Waals surface area contributed by atoms with Crippen LogP contribution in [0.4, 0.5) is 0 Å². The summed E-state index contributed by atoms with van der Waals surface area (Å²) >= 11 is 0. The van der Waals surface area contributed by atoms with E-state index in [4.69, 9.17) is 4.98 Å². The van der Waals surface area contributed by atoms with E-state index in [2.05, 4.69) is 15.5 Å². The summed E-state index contributed by atoms with van der Waals surface area (Å²) in [6.07, 6.45) is 2.18. The molecular formula is C29H26N8O2. The molecule has 0 N–H and O–H groups in total. The highest BCUT2D eigenvalue weighted by atomic mass is 16.2. The predicted octanol–water partition coefficient (Wildman–Crippen LogP) is 3.62. The first-order valence-electron chi connectivity index (χ1n) is 12.8. The summed E-state index contributed by atoms with van der Waals surface area (Å²) in [5.74, 6) is 0.744. The zero-order valence-electron chi connectivity index (χ0n) is 21.6. The molecule has 10 nitrogen and oxygen atoms in total. The van der Waals surface area contributed by atoms with Gasteiger partial charge in [0, 0.05) is 25.1 Å². The summed E-state index contributed by atoms with van der Waals surface area (Å²) in [7, 11) is 0. The molecule has 0 saturated carbocycles. The lowest BCUT2D eigenvalue weighted by Gasteiger charge is -2.13. The minimum atomic E-state index is -0.390. The molecule has 0 aliphatic rings. The predicted molar refractivity (Wildman–Crippen MR) is 148 cm³/mol. The van der Waals surface area contributed by atoms with Gasteiger partial charge in [-0.3, -0.25) is 9.36 Å². The molecule has 6 rings (SSSR count). The van der Waals surface area contributed by atoms with Gasteiger partial charge in [0.05, 0.1) is 11.4 Å². The number of imidazole rings is 1. The van der Waals surface area contributed by atoms with E-state index < -0.39 is 0 Å². The first-order chi connectivity index (χ1) is 19.1. The van der Waals surface area contributed by atoms with Crippen molar-refractivity contribution in [3.8, 4) is 22.5 Å². The first-order valence-corrected chi connectivity index (χ1v) is 12.8. The monoisotopic (exact) mass is 518 g/mol. The third kappa shape index (κ3) is 4.15. The highest BCUT2D eigenvalue weighted by Gasteiger charge is 2.21. The van der Waals surface area contributed by atoms with Gasteiger partial charge in [-0.25, -0.2) is 14.3 Å². The lowest BCUT2D eigenvalue weighted by atomic mass is 10.0. The molecular weight excluding hydrogens is 492 g/mol. The van der Waals surface area contributed by atoms with E-state index >= 15 is 0 Å². The fourth-order valence-corrected chi connectivity index (χ4v) is 4.97. The van der Waals surface area contributed by atoms with Crippen LogP contribution in [0.5, 0.6) is 0 Å². The Morgan fingerprint density at radius 1 is 0.821 bits per heavy atom. The molecule has 39 heavy (non-hydrogen) atoms. The fraction of sp³-hybridized carbons (Fsp3) is 0.172. The second-order valence-electron chi connectivity index (χ2n) is 9.11. The van der Waals surface area contributed by atoms with Crippen molar-refractivity contribution < 1.29 is 0 Å². The van der Waals surface area contributed by atoms with Crippen LogP contribution < -0.4 is 11.2 Å². The van der Waals surface area contributed by atoms with Gasteiger partial charge in [-0.2, -0.15) is 4.68 Å². The number of aryl methyl sites for hydroxylation is 1. The van der Waals surface area contributed by atoms with Crippen molar-refractivity contribution in [2.24, 2.45) is 0 Å². The number of rotatable bonds is 7. The van der Waals surface area contributed by atoms with Gasteiger partial charge in [-0.1, -0.05) is 67.6 Å². The van der Waals surface area contributed by atoms with Crippen molar-refractivity contribution >= 4 is 11.2 Å². The quantitative estimate of drug-likeness (QED) is 0.320. The number of para-hydroxylation sites is 2. The normalized spacial score (nSPS) is 11.3. The van der Waals surface area contributed by atoms with Crippen molar-refractivity contribution in [2.75, 3.05) is 0 Å². The average Bonchev–Trinajstić information content (AvgIpc) is 3.63. The van der Waals surface area contributed by atoms with Crippen molar-refractivity contribution in [2.45, 2.75) is 33.4 Å². The Morgan fingerprint density at radius 2 is 1.56 bits per heavy atom. The highest BCUT2D eigenvalue weighted by molar-refractivity contribution is 5.74. The Labute approximate surface area is 223 Å². The second kappa shape index (κ2) is 9.97. The lowest BCUT2D eigenvalue weighted by Crippen LogP contribution is -2.39. The van der Waals surface area contributed by atoms with Crippen LogP contribution in [0.25, 0.3) is 33.7 Å². The van der Waals surface area contributed by atoms with Gasteiger partial charge >= 0.3 is 5.69 Å². The summed E-state index contributed by atoms with van der Waals surface area (Å²) < 4.78 is 6.38. The van der Waals surface area contributed by atoms with Gasteiger partial charge in [0.15, 0.2) is 11.2 Å². The van der Waals surface area contributed by atoms with E-state index in [9.17, 15) is 9.59 Å². The number of hydrogen-bond acceptors (Lipinski definition) is 6. The Hall–Kier alpha value is -5.12. The van der Waals surface area contributed by atoms with Gasteiger partial charge in [-0.15, -0.1) is 5.10 Å². The maximum atomic E-state index is 13.6. The fourth-order valence-electron chi connectivity index (χ4n) is 4.97. The molecule has 3 heterocycles. The van der Waals surface area contributed by atoms with Gasteiger partial charge < -0.3 is 4.57 Å². The molecule has 6 aromatic rings. The highest BCUT2D eigenvalue weighted by Crippen LogP contribution is 2.27. The van der Waals surface area contributed by atoms with Crippen molar-refractivity contribution in [1.82, 2.24) is 38.9 Å². The Bertz CT molecular complexity index is 1880. The molecule has 194 valence electrons. The minimum Gasteiger partial charge on any atom is -0.318 e. The molecule has 0 aliphatic heterocycles. The van der Waals surface area contributed by atoms with Crippen molar-refractivity contribution in [3.63, 3.8) is 0 Å². The number of fused-ring (bicyclic) bond motifs is 1. The Balaban J connectivity index is 1.45. The Morgan fingerprint density at radius 3 is 2.26 bits per heavy atom. The molecule has 10 heteroatoms. The van der Waals surface area contributed by atoms with Crippen LogP contribution in [-0.4, -0.2) is 38.9 Å². The standard InChI is InChI=1S/C29H26N8O2/c1-3-25-31-27-26(28(38)34(4-2)29(39)37(27)22-10-6-5-7-11-22)35(25)18-20-14-16-21(17-15-20)23-12-8-9-13-24(23)36-19-30-32-33-36/h5-17,19H,3-4,18H2,1-2H3. The van der Waals surface area contributed by atoms with E-state index in [1.54, 1.807) is 17.9 Å². The number of benzene rings is 3. The zero-order valence-corrected chi connectivity index (χ0v) is 21.6. The van der Waals surface area contributed by atoms with Gasteiger partial charge in [-0.05, 0) is 46.7 Å². The van der Waals surface area contributed by atoms with E-state index in [-0.39, 0.29) is 17.8 Å². The summed E-state index contributed by atoms with van der Waals surface area (Å²) in [5, 5.41) is 11.5. The van der Waals surface area contributed by atoms with Crippen LogP contribution in [0.2, 0.25) is 0 Å². The molecule has 0 atom stereocenters. The third-order valence-corrected chi connectivity index (χ3v) is 6.86. The average molecular weight is 519 g/mol. The van der Waals surface area contributed by atoms with Crippen molar-refractivity contribution in [3.05, 3.63) is 117 Å². The van der Waals surface area contributed by atoms with E-state index in [1.165, 1.54) is 9.13 Å². The van der Waals surface area contributed by atoms with E-state index in [0.29, 0.717) is 29.8 Å². The summed E-state index contributed by atoms with van der Waals surface area (Å²) in [5.41, 5.74) is 4.65. The maximum absolute atomic E-state index is 13.6. The molecule has 0 spiro atoms. The van der Waals surface area contributed by atoms with Gasteiger partial charge in [0.25, 0.3) is 5.56 Å². The van der Waals surface area contributed by atoms with Crippen LogP contribution in [0.1, 0.15) is 25.2 Å². The van der Waals surface area contributed by atoms with Crippen LogP contribution >= 0.6 is 0 Å².